The standard InChI is InChI=1S/C11H19NO4/c1-10(2,3)15-9(14)11(16-12)6-4-8(13)5-7-11/h4-7,12H2,1-3H3. The SMILES string of the molecule is CC(C)(C)OC(=O)C1(ON)CCC(=O)CC1. The molecule has 5 nitrogen and oxygen atoms in total. The molecule has 0 atom stereocenters. The summed E-state index contributed by atoms with van der Waals surface area (Å²) in [5, 5.41) is 0. The van der Waals surface area contributed by atoms with Crippen molar-refractivity contribution in [1.82, 2.24) is 0 Å². The lowest BCUT2D eigenvalue weighted by atomic mass is 9.84. The van der Waals surface area contributed by atoms with Crippen LogP contribution in [0.15, 0.2) is 0 Å². The highest BCUT2D eigenvalue weighted by molar-refractivity contribution is 5.86. The van der Waals surface area contributed by atoms with Crippen LogP contribution >= 0.6 is 0 Å². The number of nitrogens with two attached hydrogens (primary N) is 1. The van der Waals surface area contributed by atoms with Crippen molar-refractivity contribution >= 4 is 11.8 Å². The van der Waals surface area contributed by atoms with Crippen LogP contribution in [0.5, 0.6) is 0 Å². The molecule has 0 radical (unpaired) electrons. The van der Waals surface area contributed by atoms with Crippen molar-refractivity contribution < 1.29 is 19.2 Å². The van der Waals surface area contributed by atoms with Gasteiger partial charge in [-0.25, -0.2) is 10.7 Å². The van der Waals surface area contributed by atoms with Gasteiger partial charge >= 0.3 is 5.97 Å². The second-order valence-electron chi connectivity index (χ2n) is 5.15. The van der Waals surface area contributed by atoms with E-state index in [2.05, 4.69) is 0 Å². The van der Waals surface area contributed by atoms with Gasteiger partial charge in [0.05, 0.1) is 0 Å². The Morgan fingerprint density at radius 2 is 1.81 bits per heavy atom. The van der Waals surface area contributed by atoms with Crippen LogP contribution in [0.1, 0.15) is 46.5 Å². The number of rotatable bonds is 2. The number of hydrogen-bond donors (Lipinski definition) is 1. The molecule has 0 saturated heterocycles. The largest absolute Gasteiger partial charge is 0.458 e. The molecule has 16 heavy (non-hydrogen) atoms. The highest BCUT2D eigenvalue weighted by Gasteiger charge is 2.45. The monoisotopic (exact) mass is 229 g/mol. The van der Waals surface area contributed by atoms with Crippen molar-refractivity contribution in [2.45, 2.75) is 57.7 Å². The smallest absolute Gasteiger partial charge is 0.341 e. The van der Waals surface area contributed by atoms with E-state index in [1.165, 1.54) is 0 Å². The maximum absolute atomic E-state index is 11.9. The summed E-state index contributed by atoms with van der Waals surface area (Å²) in [6.45, 7) is 5.34. The normalized spacial score (nSPS) is 20.6. The van der Waals surface area contributed by atoms with E-state index in [1.807, 2.05) is 0 Å². The first-order valence-electron chi connectivity index (χ1n) is 5.42. The first-order valence-corrected chi connectivity index (χ1v) is 5.42. The molecule has 0 aromatic heterocycles. The Hall–Kier alpha value is -0.940. The zero-order valence-electron chi connectivity index (χ0n) is 10.0. The van der Waals surface area contributed by atoms with Gasteiger partial charge in [0.1, 0.15) is 11.4 Å². The summed E-state index contributed by atoms with van der Waals surface area (Å²) < 4.78 is 5.25. The lowest BCUT2D eigenvalue weighted by molar-refractivity contribution is -0.189. The predicted molar refractivity (Wildman–Crippen MR) is 57.3 cm³/mol. The summed E-state index contributed by atoms with van der Waals surface area (Å²) in [4.78, 5) is 27.9. The van der Waals surface area contributed by atoms with Crippen LogP contribution in [0.4, 0.5) is 0 Å². The number of carbonyl (C=O) groups is 2. The third-order valence-electron chi connectivity index (χ3n) is 2.61. The van der Waals surface area contributed by atoms with Crippen LogP contribution in [-0.4, -0.2) is 23.0 Å². The summed E-state index contributed by atoms with van der Waals surface area (Å²) in [5.74, 6) is 4.85. The molecule has 1 aliphatic carbocycles. The summed E-state index contributed by atoms with van der Waals surface area (Å²) in [6, 6.07) is 0. The van der Waals surface area contributed by atoms with Crippen LogP contribution in [0, 0.1) is 0 Å². The minimum Gasteiger partial charge on any atom is -0.458 e. The molecule has 1 aliphatic rings. The molecule has 0 unspecified atom stereocenters. The van der Waals surface area contributed by atoms with Crippen LogP contribution in [-0.2, 0) is 19.2 Å². The van der Waals surface area contributed by atoms with Crippen molar-refractivity contribution in [3.05, 3.63) is 0 Å². The molecule has 1 rings (SSSR count). The molecule has 92 valence electrons. The van der Waals surface area contributed by atoms with Gasteiger partial charge in [-0.15, -0.1) is 0 Å². The number of esters is 1. The molecule has 1 saturated carbocycles. The molecule has 0 amide bonds. The average Bonchev–Trinajstić information content (AvgIpc) is 2.17. The van der Waals surface area contributed by atoms with Gasteiger partial charge in [-0.05, 0) is 33.6 Å². The van der Waals surface area contributed by atoms with E-state index < -0.39 is 17.2 Å². The first-order chi connectivity index (χ1) is 7.29. The van der Waals surface area contributed by atoms with Gasteiger partial charge in [0, 0.05) is 12.8 Å². The molecular formula is C11H19NO4. The van der Waals surface area contributed by atoms with E-state index in [-0.39, 0.29) is 5.78 Å². The van der Waals surface area contributed by atoms with E-state index in [0.717, 1.165) is 0 Å². The van der Waals surface area contributed by atoms with E-state index in [9.17, 15) is 9.59 Å². The molecule has 0 aromatic rings. The molecule has 0 aliphatic heterocycles. The van der Waals surface area contributed by atoms with Gasteiger partial charge in [-0.3, -0.25) is 9.63 Å². The average molecular weight is 229 g/mol. The second-order valence-corrected chi connectivity index (χ2v) is 5.15. The summed E-state index contributed by atoms with van der Waals surface area (Å²) in [7, 11) is 0. The summed E-state index contributed by atoms with van der Waals surface area (Å²) in [5.41, 5.74) is -1.72. The van der Waals surface area contributed by atoms with Crippen LogP contribution < -0.4 is 5.90 Å². The minimum atomic E-state index is -1.14. The molecule has 0 aromatic carbocycles. The van der Waals surface area contributed by atoms with Crippen molar-refractivity contribution in [3.63, 3.8) is 0 Å². The Morgan fingerprint density at radius 1 is 1.31 bits per heavy atom. The Bertz CT molecular complexity index is 283. The molecule has 1 fully saturated rings. The van der Waals surface area contributed by atoms with Gasteiger partial charge < -0.3 is 4.74 Å². The fourth-order valence-electron chi connectivity index (χ4n) is 1.67. The Labute approximate surface area is 95.2 Å². The van der Waals surface area contributed by atoms with Gasteiger partial charge in [-0.2, -0.15) is 0 Å². The lowest BCUT2D eigenvalue weighted by Gasteiger charge is -2.34. The Balaban J connectivity index is 2.73. The zero-order valence-corrected chi connectivity index (χ0v) is 10.0. The fourth-order valence-corrected chi connectivity index (χ4v) is 1.67. The molecule has 0 spiro atoms. The van der Waals surface area contributed by atoms with E-state index >= 15 is 0 Å². The van der Waals surface area contributed by atoms with Crippen molar-refractivity contribution in [3.8, 4) is 0 Å². The molecular weight excluding hydrogens is 210 g/mol. The first kappa shape index (κ1) is 13.1. The highest BCUT2D eigenvalue weighted by Crippen LogP contribution is 2.31. The molecule has 5 heteroatoms. The van der Waals surface area contributed by atoms with Crippen molar-refractivity contribution in [2.75, 3.05) is 0 Å². The van der Waals surface area contributed by atoms with Gasteiger partial charge in [0.25, 0.3) is 0 Å². The zero-order chi connectivity index (χ0) is 12.4. The van der Waals surface area contributed by atoms with Crippen LogP contribution in [0.25, 0.3) is 0 Å². The van der Waals surface area contributed by atoms with Crippen LogP contribution in [0.3, 0.4) is 0 Å². The fraction of sp³-hybridized carbons (Fsp3) is 0.818. The van der Waals surface area contributed by atoms with Gasteiger partial charge in [0.2, 0.25) is 0 Å². The summed E-state index contributed by atoms with van der Waals surface area (Å²) in [6.07, 6.45) is 1.24. The maximum atomic E-state index is 11.9. The number of carbonyl (C=O) groups excluding carboxylic acids is 2. The van der Waals surface area contributed by atoms with E-state index in [4.69, 9.17) is 15.5 Å². The van der Waals surface area contributed by atoms with Gasteiger partial charge in [0.15, 0.2) is 5.60 Å². The number of Topliss-reactive ketones (excluding diaryl/α,β-unsaturated/α-hetero) is 1. The molecule has 0 heterocycles. The minimum absolute atomic E-state index is 0.135. The third-order valence-corrected chi connectivity index (χ3v) is 2.61. The van der Waals surface area contributed by atoms with Crippen LogP contribution in [0.2, 0.25) is 0 Å². The van der Waals surface area contributed by atoms with E-state index in [1.54, 1.807) is 20.8 Å². The lowest BCUT2D eigenvalue weighted by Crippen LogP contribution is -2.49. The number of ketones is 1. The van der Waals surface area contributed by atoms with Gasteiger partial charge in [-0.1, -0.05) is 0 Å². The quantitative estimate of drug-likeness (QED) is 0.566. The predicted octanol–water partition coefficient (Wildman–Crippen LogP) is 1.10. The Morgan fingerprint density at radius 3 is 2.19 bits per heavy atom. The maximum Gasteiger partial charge on any atom is 0.341 e. The third kappa shape index (κ3) is 3.02. The Kier molecular flexibility index (Phi) is 3.70. The highest BCUT2D eigenvalue weighted by atomic mass is 16.7. The summed E-state index contributed by atoms with van der Waals surface area (Å²) >= 11 is 0. The van der Waals surface area contributed by atoms with Crippen molar-refractivity contribution in [1.29, 1.82) is 0 Å². The molecule has 0 bridgehead atoms. The second kappa shape index (κ2) is 4.51. The van der Waals surface area contributed by atoms with Crippen molar-refractivity contribution in [2.24, 2.45) is 5.90 Å². The number of ether oxygens (including phenoxy) is 1. The molecule has 2 N–H and O–H groups in total. The topological polar surface area (TPSA) is 78.6 Å². The number of hydrogen-bond acceptors (Lipinski definition) is 5. The van der Waals surface area contributed by atoms with E-state index in [0.29, 0.717) is 25.7 Å².